The molecule has 0 radical (unpaired) electrons. The summed E-state index contributed by atoms with van der Waals surface area (Å²) in [5, 5.41) is 0. The van der Waals surface area contributed by atoms with E-state index in [0.29, 0.717) is 0 Å². The van der Waals surface area contributed by atoms with E-state index in [1.807, 2.05) is 44.2 Å². The molecule has 2 atom stereocenters. The van der Waals surface area contributed by atoms with Crippen LogP contribution in [0.2, 0.25) is 0 Å². The minimum Gasteiger partial charge on any atom is -0.306 e. The number of sulfone groups is 1. The van der Waals surface area contributed by atoms with Gasteiger partial charge in [-0.15, -0.1) is 0 Å². The number of aryl methyl sites for hydroxylation is 3. The predicted octanol–water partition coefficient (Wildman–Crippen LogP) is 2.75. The molecule has 2 unspecified atom stereocenters. The smallest absolute Gasteiger partial charge is 0.241 e. The molecule has 2 saturated heterocycles. The number of fused-ring (bicyclic) bond motifs is 1. The average molecular weight is 413 g/mol. The van der Waals surface area contributed by atoms with Crippen molar-refractivity contribution in [2.75, 3.05) is 29.5 Å². The van der Waals surface area contributed by atoms with Crippen molar-refractivity contribution in [1.82, 2.24) is 4.90 Å². The molecular formula is C23H28N2O3S. The molecule has 1 amide bonds. The van der Waals surface area contributed by atoms with Crippen molar-refractivity contribution in [2.45, 2.75) is 38.8 Å². The van der Waals surface area contributed by atoms with Crippen LogP contribution in [0.25, 0.3) is 0 Å². The molecule has 0 N–H and O–H groups in total. The Bertz CT molecular complexity index is 984. The molecule has 2 aliphatic heterocycles. The molecule has 2 fully saturated rings. The number of carbonyl (C=O) groups excluding carboxylic acids is 1. The number of benzene rings is 2. The second-order valence-corrected chi connectivity index (χ2v) is 10.5. The molecular weight excluding hydrogens is 384 g/mol. The average Bonchev–Trinajstić information content (AvgIpc) is 2.96. The Balaban J connectivity index is 1.55. The van der Waals surface area contributed by atoms with Crippen LogP contribution < -0.4 is 4.90 Å². The lowest BCUT2D eigenvalue weighted by Crippen LogP contribution is -2.62. The molecule has 0 aromatic heterocycles. The second kappa shape index (κ2) is 7.92. The highest BCUT2D eigenvalue weighted by Crippen LogP contribution is 2.32. The lowest BCUT2D eigenvalue weighted by atomic mass is 10.0. The maximum Gasteiger partial charge on any atom is 0.241 e. The molecule has 5 nitrogen and oxygen atoms in total. The standard InChI is InChI=1S/C23H28N2O3S/c1-17-11-18(2)13-20(12-17)25-22-16-29(27,28)15-21(22)24(14-23(25)26)10-6-9-19-7-4-3-5-8-19/h3-5,7-8,11-13,21-22H,6,9-10,14-16H2,1-2H3. The summed E-state index contributed by atoms with van der Waals surface area (Å²) in [4.78, 5) is 17.0. The van der Waals surface area contributed by atoms with Gasteiger partial charge in [-0.25, -0.2) is 8.42 Å². The number of hydrogen-bond acceptors (Lipinski definition) is 4. The summed E-state index contributed by atoms with van der Waals surface area (Å²) < 4.78 is 25.0. The van der Waals surface area contributed by atoms with Gasteiger partial charge in [-0.2, -0.15) is 0 Å². The van der Waals surface area contributed by atoms with Gasteiger partial charge in [0.15, 0.2) is 9.84 Å². The normalized spacial score (nSPS) is 23.9. The summed E-state index contributed by atoms with van der Waals surface area (Å²) in [6.07, 6.45) is 1.83. The zero-order chi connectivity index (χ0) is 20.6. The number of hydrogen-bond donors (Lipinski definition) is 0. The highest BCUT2D eigenvalue weighted by atomic mass is 32.2. The Labute approximate surface area is 173 Å². The van der Waals surface area contributed by atoms with Crippen LogP contribution in [0, 0.1) is 13.8 Å². The molecule has 0 aliphatic carbocycles. The molecule has 0 saturated carbocycles. The maximum atomic E-state index is 13.1. The van der Waals surface area contributed by atoms with Gasteiger partial charge in [-0.05, 0) is 62.1 Å². The third kappa shape index (κ3) is 4.38. The van der Waals surface area contributed by atoms with E-state index in [1.54, 1.807) is 4.90 Å². The first-order valence-electron chi connectivity index (χ1n) is 10.2. The lowest BCUT2D eigenvalue weighted by molar-refractivity contribution is -0.123. The highest BCUT2D eigenvalue weighted by molar-refractivity contribution is 7.91. The Hall–Kier alpha value is -2.18. The van der Waals surface area contributed by atoms with Crippen LogP contribution in [0.15, 0.2) is 48.5 Å². The van der Waals surface area contributed by atoms with E-state index in [9.17, 15) is 13.2 Å². The molecule has 6 heteroatoms. The first-order valence-corrected chi connectivity index (χ1v) is 12.0. The van der Waals surface area contributed by atoms with Crippen LogP contribution >= 0.6 is 0 Å². The number of rotatable bonds is 5. The maximum absolute atomic E-state index is 13.1. The van der Waals surface area contributed by atoms with Gasteiger partial charge in [0.25, 0.3) is 0 Å². The van der Waals surface area contributed by atoms with Crippen LogP contribution in [-0.2, 0) is 21.1 Å². The van der Waals surface area contributed by atoms with E-state index in [4.69, 9.17) is 0 Å². The number of piperazine rings is 1. The van der Waals surface area contributed by atoms with E-state index < -0.39 is 9.84 Å². The highest BCUT2D eigenvalue weighted by Gasteiger charge is 2.49. The first-order chi connectivity index (χ1) is 13.8. The van der Waals surface area contributed by atoms with Gasteiger partial charge in [-0.1, -0.05) is 36.4 Å². The Morgan fingerprint density at radius 3 is 2.31 bits per heavy atom. The third-order valence-corrected chi connectivity index (χ3v) is 7.64. The van der Waals surface area contributed by atoms with Crippen molar-refractivity contribution in [1.29, 1.82) is 0 Å². The minimum atomic E-state index is -3.16. The fourth-order valence-corrected chi connectivity index (χ4v) is 6.74. The summed E-state index contributed by atoms with van der Waals surface area (Å²) in [6, 6.07) is 15.9. The predicted molar refractivity (Wildman–Crippen MR) is 116 cm³/mol. The molecule has 154 valence electrons. The largest absolute Gasteiger partial charge is 0.306 e. The Morgan fingerprint density at radius 1 is 0.966 bits per heavy atom. The number of nitrogens with zero attached hydrogens (tertiary/aromatic N) is 2. The van der Waals surface area contributed by atoms with E-state index in [-0.39, 0.29) is 36.0 Å². The third-order valence-electron chi connectivity index (χ3n) is 5.94. The molecule has 29 heavy (non-hydrogen) atoms. The molecule has 2 aliphatic rings. The van der Waals surface area contributed by atoms with Crippen molar-refractivity contribution in [3.05, 3.63) is 65.2 Å². The Kier molecular flexibility index (Phi) is 5.49. The quantitative estimate of drug-likeness (QED) is 0.758. The van der Waals surface area contributed by atoms with E-state index in [1.165, 1.54) is 5.56 Å². The summed E-state index contributed by atoms with van der Waals surface area (Å²) in [7, 11) is -3.16. The van der Waals surface area contributed by atoms with Gasteiger partial charge in [0.2, 0.25) is 5.91 Å². The lowest BCUT2D eigenvalue weighted by Gasteiger charge is -2.43. The summed E-state index contributed by atoms with van der Waals surface area (Å²) in [5.41, 5.74) is 4.25. The zero-order valence-electron chi connectivity index (χ0n) is 17.0. The Morgan fingerprint density at radius 2 is 1.62 bits per heavy atom. The number of anilines is 1. The molecule has 0 bridgehead atoms. The minimum absolute atomic E-state index is 0.00642. The van der Waals surface area contributed by atoms with Crippen LogP contribution in [0.3, 0.4) is 0 Å². The summed E-state index contributed by atoms with van der Waals surface area (Å²) in [5.74, 6) is 0.177. The van der Waals surface area contributed by atoms with Crippen molar-refractivity contribution in [2.24, 2.45) is 0 Å². The van der Waals surface area contributed by atoms with E-state index in [0.717, 1.165) is 36.2 Å². The van der Waals surface area contributed by atoms with Crippen molar-refractivity contribution in [3.63, 3.8) is 0 Å². The van der Waals surface area contributed by atoms with Crippen LogP contribution in [0.4, 0.5) is 5.69 Å². The van der Waals surface area contributed by atoms with E-state index in [2.05, 4.69) is 23.1 Å². The second-order valence-electron chi connectivity index (χ2n) is 8.38. The summed E-state index contributed by atoms with van der Waals surface area (Å²) in [6.45, 7) is 5.02. The van der Waals surface area contributed by atoms with Gasteiger partial charge in [0.1, 0.15) is 0 Å². The molecule has 2 heterocycles. The fraction of sp³-hybridized carbons (Fsp3) is 0.435. The fourth-order valence-electron chi connectivity index (χ4n) is 4.76. The summed E-state index contributed by atoms with van der Waals surface area (Å²) >= 11 is 0. The van der Waals surface area contributed by atoms with Crippen molar-refractivity contribution < 1.29 is 13.2 Å². The van der Waals surface area contributed by atoms with Crippen LogP contribution in [0.5, 0.6) is 0 Å². The van der Waals surface area contributed by atoms with Gasteiger partial charge in [-0.3, -0.25) is 9.69 Å². The monoisotopic (exact) mass is 412 g/mol. The van der Waals surface area contributed by atoms with Gasteiger partial charge in [0, 0.05) is 11.7 Å². The van der Waals surface area contributed by atoms with Crippen molar-refractivity contribution >= 4 is 21.4 Å². The van der Waals surface area contributed by atoms with Gasteiger partial charge in [0.05, 0.1) is 24.1 Å². The molecule has 0 spiro atoms. The van der Waals surface area contributed by atoms with Crippen molar-refractivity contribution in [3.8, 4) is 0 Å². The molecule has 4 rings (SSSR count). The van der Waals surface area contributed by atoms with Crippen LogP contribution in [-0.4, -0.2) is 55.9 Å². The van der Waals surface area contributed by atoms with E-state index >= 15 is 0 Å². The van der Waals surface area contributed by atoms with Gasteiger partial charge >= 0.3 is 0 Å². The molecule has 2 aromatic carbocycles. The van der Waals surface area contributed by atoms with Crippen LogP contribution in [0.1, 0.15) is 23.1 Å². The number of carbonyl (C=O) groups is 1. The van der Waals surface area contributed by atoms with Gasteiger partial charge < -0.3 is 4.90 Å². The first kappa shape index (κ1) is 20.1. The molecule has 2 aromatic rings. The SMILES string of the molecule is Cc1cc(C)cc(N2C(=O)CN(CCCc3ccccc3)C3CS(=O)(=O)CC32)c1. The topological polar surface area (TPSA) is 57.7 Å². The zero-order valence-corrected chi connectivity index (χ0v) is 17.9. The number of amides is 1.